The molecule has 5 heteroatoms. The number of carbonyl (C=O) groups is 1. The van der Waals surface area contributed by atoms with Gasteiger partial charge in [0.15, 0.2) is 0 Å². The summed E-state index contributed by atoms with van der Waals surface area (Å²) in [6.07, 6.45) is 1.93. The zero-order chi connectivity index (χ0) is 15.4. The van der Waals surface area contributed by atoms with E-state index in [0.717, 1.165) is 11.3 Å². The average Bonchev–Trinajstić information content (AvgIpc) is 2.78. The second kappa shape index (κ2) is 6.43. The van der Waals surface area contributed by atoms with Crippen molar-refractivity contribution in [2.75, 3.05) is 6.61 Å². The lowest BCUT2D eigenvalue weighted by atomic mass is 10.1. The van der Waals surface area contributed by atoms with Crippen LogP contribution in [0, 0.1) is 6.92 Å². The first-order chi connectivity index (χ1) is 10.0. The number of hydrogen-bond acceptors (Lipinski definition) is 3. The molecule has 0 aliphatic rings. The molecule has 0 fully saturated rings. The molecule has 1 aromatic heterocycles. The standard InChI is InChI=1S/C16H21N3O2/c1-5-21-15-9-7-6-8-13(15)16(20)17-11(2)14-10-19(4)18-12(14)3/h6-11H,5H2,1-4H3,(H,17,20). The Morgan fingerprint density at radius 3 is 2.76 bits per heavy atom. The van der Waals surface area contributed by atoms with E-state index in [0.29, 0.717) is 17.9 Å². The van der Waals surface area contributed by atoms with Crippen molar-refractivity contribution in [1.29, 1.82) is 0 Å². The molecule has 0 radical (unpaired) electrons. The molecular weight excluding hydrogens is 266 g/mol. The van der Waals surface area contributed by atoms with Crippen LogP contribution in [0.15, 0.2) is 30.5 Å². The number of nitrogens with zero attached hydrogens (tertiary/aromatic N) is 2. The van der Waals surface area contributed by atoms with Gasteiger partial charge in [-0.05, 0) is 32.9 Å². The van der Waals surface area contributed by atoms with Crippen molar-refractivity contribution in [2.24, 2.45) is 7.05 Å². The molecule has 1 N–H and O–H groups in total. The Hall–Kier alpha value is -2.30. The van der Waals surface area contributed by atoms with E-state index < -0.39 is 0 Å². The summed E-state index contributed by atoms with van der Waals surface area (Å²) >= 11 is 0. The van der Waals surface area contributed by atoms with Gasteiger partial charge in [-0.2, -0.15) is 5.10 Å². The number of benzene rings is 1. The second-order valence-electron chi connectivity index (χ2n) is 4.97. The van der Waals surface area contributed by atoms with Crippen molar-refractivity contribution in [1.82, 2.24) is 15.1 Å². The first-order valence-electron chi connectivity index (χ1n) is 7.05. The highest BCUT2D eigenvalue weighted by atomic mass is 16.5. The van der Waals surface area contributed by atoms with E-state index in [2.05, 4.69) is 10.4 Å². The molecule has 0 saturated heterocycles. The SMILES string of the molecule is CCOc1ccccc1C(=O)NC(C)c1cn(C)nc1C. The molecule has 0 spiro atoms. The quantitative estimate of drug-likeness (QED) is 0.919. The van der Waals surface area contributed by atoms with E-state index in [9.17, 15) is 4.79 Å². The lowest BCUT2D eigenvalue weighted by Crippen LogP contribution is -2.27. The predicted octanol–water partition coefficient (Wildman–Crippen LogP) is 2.62. The molecule has 1 unspecified atom stereocenters. The molecule has 0 aliphatic carbocycles. The van der Waals surface area contributed by atoms with Gasteiger partial charge in [0.2, 0.25) is 0 Å². The fraction of sp³-hybridized carbons (Fsp3) is 0.375. The summed E-state index contributed by atoms with van der Waals surface area (Å²) in [7, 11) is 1.87. The number of para-hydroxylation sites is 1. The Kier molecular flexibility index (Phi) is 4.62. The highest BCUT2D eigenvalue weighted by Crippen LogP contribution is 2.20. The van der Waals surface area contributed by atoms with Gasteiger partial charge in [-0.1, -0.05) is 12.1 Å². The fourth-order valence-corrected chi connectivity index (χ4v) is 2.33. The Balaban J connectivity index is 2.16. The molecule has 5 nitrogen and oxygen atoms in total. The number of carbonyl (C=O) groups excluding carboxylic acids is 1. The summed E-state index contributed by atoms with van der Waals surface area (Å²) in [5, 5.41) is 7.29. The molecule has 1 amide bonds. The van der Waals surface area contributed by atoms with Crippen molar-refractivity contribution < 1.29 is 9.53 Å². The van der Waals surface area contributed by atoms with E-state index in [-0.39, 0.29) is 11.9 Å². The van der Waals surface area contributed by atoms with Crippen LogP contribution in [-0.4, -0.2) is 22.3 Å². The van der Waals surface area contributed by atoms with Gasteiger partial charge < -0.3 is 10.1 Å². The summed E-state index contributed by atoms with van der Waals surface area (Å²) < 4.78 is 7.25. The highest BCUT2D eigenvalue weighted by Gasteiger charge is 2.17. The van der Waals surface area contributed by atoms with Crippen LogP contribution < -0.4 is 10.1 Å². The Morgan fingerprint density at radius 1 is 1.43 bits per heavy atom. The summed E-state index contributed by atoms with van der Waals surface area (Å²) in [6.45, 7) is 6.31. The van der Waals surface area contributed by atoms with E-state index >= 15 is 0 Å². The Morgan fingerprint density at radius 2 is 2.14 bits per heavy atom. The number of hydrogen-bond donors (Lipinski definition) is 1. The summed E-state index contributed by atoms with van der Waals surface area (Å²) in [6, 6.07) is 7.15. The Bertz CT molecular complexity index is 634. The minimum Gasteiger partial charge on any atom is -0.493 e. The normalized spacial score (nSPS) is 12.0. The number of ether oxygens (including phenoxy) is 1. The van der Waals surface area contributed by atoms with Gasteiger partial charge >= 0.3 is 0 Å². The lowest BCUT2D eigenvalue weighted by Gasteiger charge is -2.15. The summed E-state index contributed by atoms with van der Waals surface area (Å²) in [4.78, 5) is 12.4. The van der Waals surface area contributed by atoms with Crippen LogP contribution in [0.5, 0.6) is 5.75 Å². The highest BCUT2D eigenvalue weighted by molar-refractivity contribution is 5.97. The molecule has 2 aromatic rings. The summed E-state index contributed by atoms with van der Waals surface area (Å²) in [5.74, 6) is 0.461. The van der Waals surface area contributed by atoms with Gasteiger partial charge in [0, 0.05) is 18.8 Å². The van der Waals surface area contributed by atoms with Crippen LogP contribution in [-0.2, 0) is 7.05 Å². The molecule has 0 bridgehead atoms. The predicted molar refractivity (Wildman–Crippen MR) is 81.4 cm³/mol. The Labute approximate surface area is 124 Å². The maximum atomic E-state index is 12.4. The van der Waals surface area contributed by atoms with Crippen LogP contribution in [0.1, 0.15) is 41.5 Å². The van der Waals surface area contributed by atoms with Gasteiger partial charge in [0.05, 0.1) is 23.9 Å². The van der Waals surface area contributed by atoms with E-state index in [1.54, 1.807) is 16.8 Å². The first-order valence-corrected chi connectivity index (χ1v) is 7.05. The molecular formula is C16H21N3O2. The molecule has 0 aliphatic heterocycles. The van der Waals surface area contributed by atoms with Crippen LogP contribution >= 0.6 is 0 Å². The topological polar surface area (TPSA) is 56.1 Å². The average molecular weight is 287 g/mol. The lowest BCUT2D eigenvalue weighted by molar-refractivity contribution is 0.0936. The zero-order valence-electron chi connectivity index (χ0n) is 12.9. The number of amides is 1. The number of nitrogens with one attached hydrogen (secondary N) is 1. The number of aryl methyl sites for hydroxylation is 2. The van der Waals surface area contributed by atoms with E-state index in [1.807, 2.05) is 46.1 Å². The second-order valence-corrected chi connectivity index (χ2v) is 4.97. The minimum absolute atomic E-state index is 0.110. The van der Waals surface area contributed by atoms with Crippen LogP contribution in [0.4, 0.5) is 0 Å². The summed E-state index contributed by atoms with van der Waals surface area (Å²) in [5.41, 5.74) is 2.48. The number of rotatable bonds is 5. The smallest absolute Gasteiger partial charge is 0.255 e. The third-order valence-corrected chi connectivity index (χ3v) is 3.30. The molecule has 21 heavy (non-hydrogen) atoms. The van der Waals surface area contributed by atoms with Crippen LogP contribution in [0.25, 0.3) is 0 Å². The van der Waals surface area contributed by atoms with Crippen LogP contribution in [0.2, 0.25) is 0 Å². The van der Waals surface area contributed by atoms with Crippen molar-refractivity contribution in [2.45, 2.75) is 26.8 Å². The largest absolute Gasteiger partial charge is 0.493 e. The molecule has 1 atom stereocenters. The monoisotopic (exact) mass is 287 g/mol. The maximum Gasteiger partial charge on any atom is 0.255 e. The van der Waals surface area contributed by atoms with Crippen molar-refractivity contribution >= 4 is 5.91 Å². The maximum absolute atomic E-state index is 12.4. The minimum atomic E-state index is -0.144. The van der Waals surface area contributed by atoms with Gasteiger partial charge in [-0.3, -0.25) is 9.48 Å². The molecule has 2 rings (SSSR count). The number of aromatic nitrogens is 2. The van der Waals surface area contributed by atoms with E-state index in [1.165, 1.54) is 0 Å². The van der Waals surface area contributed by atoms with Crippen molar-refractivity contribution in [3.8, 4) is 5.75 Å². The van der Waals surface area contributed by atoms with Gasteiger partial charge in [-0.25, -0.2) is 0 Å². The van der Waals surface area contributed by atoms with Crippen molar-refractivity contribution in [3.05, 3.63) is 47.3 Å². The van der Waals surface area contributed by atoms with Crippen molar-refractivity contribution in [3.63, 3.8) is 0 Å². The van der Waals surface area contributed by atoms with Crippen LogP contribution in [0.3, 0.4) is 0 Å². The van der Waals surface area contributed by atoms with Gasteiger partial charge in [0.1, 0.15) is 5.75 Å². The first kappa shape index (κ1) is 15.1. The molecule has 1 heterocycles. The van der Waals surface area contributed by atoms with Gasteiger partial charge in [-0.15, -0.1) is 0 Å². The molecule has 0 saturated carbocycles. The third kappa shape index (κ3) is 3.42. The third-order valence-electron chi connectivity index (χ3n) is 3.30. The van der Waals surface area contributed by atoms with E-state index in [4.69, 9.17) is 4.74 Å². The molecule has 112 valence electrons. The van der Waals surface area contributed by atoms with Gasteiger partial charge in [0.25, 0.3) is 5.91 Å². The molecule has 1 aromatic carbocycles. The fourth-order valence-electron chi connectivity index (χ4n) is 2.33. The zero-order valence-corrected chi connectivity index (χ0v) is 12.9.